The summed E-state index contributed by atoms with van der Waals surface area (Å²) in [6.07, 6.45) is 4.34. The zero-order valence-electron chi connectivity index (χ0n) is 9.25. The Kier molecular flexibility index (Phi) is 3.31. The van der Waals surface area contributed by atoms with E-state index in [0.29, 0.717) is 0 Å². The molecule has 1 N–H and O–H groups in total. The minimum absolute atomic E-state index is 0.0297. The number of hydrogen-bond acceptors (Lipinski definition) is 5. The normalized spacial score (nSPS) is 26.8. The van der Waals surface area contributed by atoms with E-state index in [1.807, 2.05) is 6.26 Å². The van der Waals surface area contributed by atoms with Gasteiger partial charge in [0.05, 0.1) is 11.2 Å². The number of aromatic nitrogens is 2. The van der Waals surface area contributed by atoms with Gasteiger partial charge in [-0.3, -0.25) is 0 Å². The van der Waals surface area contributed by atoms with Gasteiger partial charge in [0.15, 0.2) is 5.82 Å². The molecule has 2 heterocycles. The van der Waals surface area contributed by atoms with E-state index in [1.54, 1.807) is 11.8 Å². The van der Waals surface area contributed by atoms with Crippen molar-refractivity contribution in [1.82, 2.24) is 15.5 Å². The van der Waals surface area contributed by atoms with Crippen molar-refractivity contribution in [3.8, 4) is 0 Å². The molecular formula is C10H17N3OS. The fourth-order valence-corrected chi connectivity index (χ4v) is 2.30. The molecule has 1 aliphatic rings. The minimum Gasteiger partial charge on any atom is -0.339 e. The molecule has 0 saturated carbocycles. The molecule has 0 bridgehead atoms. The molecule has 1 atom stereocenters. The largest absolute Gasteiger partial charge is 0.339 e. The number of thioether (sulfide) groups is 1. The summed E-state index contributed by atoms with van der Waals surface area (Å²) in [6, 6.07) is 0. The Morgan fingerprint density at radius 3 is 3.13 bits per heavy atom. The van der Waals surface area contributed by atoms with Crippen LogP contribution in [0.25, 0.3) is 0 Å². The first kappa shape index (κ1) is 11.0. The predicted octanol–water partition coefficient (Wildman–Crippen LogP) is 1.57. The molecule has 1 saturated heterocycles. The van der Waals surface area contributed by atoms with Crippen LogP contribution >= 0.6 is 11.8 Å². The van der Waals surface area contributed by atoms with E-state index in [2.05, 4.69) is 22.4 Å². The van der Waals surface area contributed by atoms with Gasteiger partial charge in [-0.25, -0.2) is 0 Å². The maximum absolute atomic E-state index is 5.35. The average Bonchev–Trinajstić information content (AvgIpc) is 2.69. The van der Waals surface area contributed by atoms with Gasteiger partial charge < -0.3 is 9.84 Å². The highest BCUT2D eigenvalue weighted by atomic mass is 32.2. The van der Waals surface area contributed by atoms with Gasteiger partial charge in [-0.2, -0.15) is 16.7 Å². The van der Waals surface area contributed by atoms with Gasteiger partial charge in [-0.15, -0.1) is 0 Å². The minimum atomic E-state index is 0.0297. The van der Waals surface area contributed by atoms with Gasteiger partial charge in [0.1, 0.15) is 0 Å². The van der Waals surface area contributed by atoms with Crippen molar-refractivity contribution in [3.63, 3.8) is 0 Å². The first-order valence-corrected chi connectivity index (χ1v) is 6.67. The Hall–Kier alpha value is -0.550. The predicted molar refractivity (Wildman–Crippen MR) is 61.0 cm³/mol. The maximum atomic E-state index is 5.35. The molecule has 0 aromatic carbocycles. The topological polar surface area (TPSA) is 51.0 Å². The van der Waals surface area contributed by atoms with Crippen molar-refractivity contribution in [1.29, 1.82) is 0 Å². The van der Waals surface area contributed by atoms with E-state index in [9.17, 15) is 0 Å². The molecular weight excluding hydrogens is 210 g/mol. The lowest BCUT2D eigenvalue weighted by Gasteiger charge is -2.30. The highest BCUT2D eigenvalue weighted by molar-refractivity contribution is 7.97. The van der Waals surface area contributed by atoms with E-state index in [0.717, 1.165) is 37.0 Å². The maximum Gasteiger partial charge on any atom is 0.233 e. The van der Waals surface area contributed by atoms with Crippen molar-refractivity contribution in [2.75, 3.05) is 19.3 Å². The Labute approximate surface area is 94.2 Å². The molecule has 1 aromatic rings. The third kappa shape index (κ3) is 2.34. The molecule has 1 unspecified atom stereocenters. The van der Waals surface area contributed by atoms with Crippen LogP contribution in [0.15, 0.2) is 4.52 Å². The molecule has 0 aliphatic carbocycles. The number of hydrogen-bond donors (Lipinski definition) is 1. The zero-order chi connectivity index (χ0) is 10.7. The Balaban J connectivity index is 2.12. The summed E-state index contributed by atoms with van der Waals surface area (Å²) in [5.74, 6) is 2.43. The van der Waals surface area contributed by atoms with Crippen molar-refractivity contribution in [2.45, 2.75) is 30.9 Å². The molecule has 5 heteroatoms. The van der Waals surface area contributed by atoms with Gasteiger partial charge in [0, 0.05) is 6.54 Å². The van der Waals surface area contributed by atoms with Crippen molar-refractivity contribution >= 4 is 11.8 Å². The molecule has 1 fully saturated rings. The number of rotatable bonds is 3. The van der Waals surface area contributed by atoms with Crippen LogP contribution in [0.4, 0.5) is 0 Å². The van der Waals surface area contributed by atoms with E-state index >= 15 is 0 Å². The number of piperidine rings is 1. The Morgan fingerprint density at radius 1 is 1.60 bits per heavy atom. The van der Waals surface area contributed by atoms with Crippen LogP contribution in [0, 0.1) is 0 Å². The van der Waals surface area contributed by atoms with Crippen LogP contribution < -0.4 is 5.32 Å². The smallest absolute Gasteiger partial charge is 0.233 e. The van der Waals surface area contributed by atoms with Crippen LogP contribution in [0.3, 0.4) is 0 Å². The summed E-state index contributed by atoms with van der Waals surface area (Å²) in [6.45, 7) is 4.23. The number of nitrogens with zero attached hydrogens (tertiary/aromatic N) is 2. The Morgan fingerprint density at radius 2 is 2.47 bits per heavy atom. The van der Waals surface area contributed by atoms with Gasteiger partial charge >= 0.3 is 0 Å². The summed E-state index contributed by atoms with van der Waals surface area (Å²) in [5, 5.41) is 7.37. The lowest BCUT2D eigenvalue weighted by atomic mass is 9.83. The zero-order valence-corrected chi connectivity index (χ0v) is 10.1. The highest BCUT2D eigenvalue weighted by Crippen LogP contribution is 2.29. The second kappa shape index (κ2) is 4.53. The monoisotopic (exact) mass is 227 g/mol. The molecule has 0 amide bonds. The molecule has 4 nitrogen and oxygen atoms in total. The summed E-state index contributed by atoms with van der Waals surface area (Å²) >= 11 is 1.71. The van der Waals surface area contributed by atoms with Crippen molar-refractivity contribution in [3.05, 3.63) is 11.7 Å². The lowest BCUT2D eigenvalue weighted by molar-refractivity contribution is 0.245. The van der Waals surface area contributed by atoms with Gasteiger partial charge in [0.2, 0.25) is 5.89 Å². The molecule has 84 valence electrons. The van der Waals surface area contributed by atoms with Crippen LogP contribution in [0.2, 0.25) is 0 Å². The molecule has 2 rings (SSSR count). The molecule has 1 aliphatic heterocycles. The summed E-state index contributed by atoms with van der Waals surface area (Å²) < 4.78 is 5.35. The van der Waals surface area contributed by atoms with Crippen LogP contribution in [0.1, 0.15) is 31.5 Å². The molecule has 0 radical (unpaired) electrons. The standard InChI is InChI=1S/C10H17N3OS/c1-10(4-3-5-11-7-10)9-12-8(6-15-2)13-14-9/h11H,3-7H2,1-2H3. The molecule has 15 heavy (non-hydrogen) atoms. The van der Waals surface area contributed by atoms with Crippen LogP contribution in [-0.4, -0.2) is 29.5 Å². The van der Waals surface area contributed by atoms with Gasteiger partial charge in [-0.05, 0) is 32.6 Å². The SMILES string of the molecule is CSCc1noc(C2(C)CCCNC2)n1. The van der Waals surface area contributed by atoms with E-state index in [4.69, 9.17) is 4.52 Å². The fourth-order valence-electron chi connectivity index (χ4n) is 1.93. The lowest BCUT2D eigenvalue weighted by Crippen LogP contribution is -2.41. The quantitative estimate of drug-likeness (QED) is 0.849. The molecule has 0 spiro atoms. The van der Waals surface area contributed by atoms with E-state index < -0.39 is 0 Å². The third-order valence-corrected chi connectivity index (χ3v) is 3.40. The first-order valence-electron chi connectivity index (χ1n) is 5.27. The second-order valence-corrected chi connectivity index (χ2v) is 5.16. The van der Waals surface area contributed by atoms with Gasteiger partial charge in [-0.1, -0.05) is 5.16 Å². The summed E-state index contributed by atoms with van der Waals surface area (Å²) in [5.41, 5.74) is 0.0297. The van der Waals surface area contributed by atoms with E-state index in [1.165, 1.54) is 6.42 Å². The first-order chi connectivity index (χ1) is 7.24. The average molecular weight is 227 g/mol. The van der Waals surface area contributed by atoms with Gasteiger partial charge in [0.25, 0.3) is 0 Å². The van der Waals surface area contributed by atoms with Crippen molar-refractivity contribution in [2.24, 2.45) is 0 Å². The third-order valence-electron chi connectivity index (χ3n) is 2.86. The Bertz CT molecular complexity index is 320. The van der Waals surface area contributed by atoms with E-state index in [-0.39, 0.29) is 5.41 Å². The number of nitrogens with one attached hydrogen (secondary N) is 1. The highest BCUT2D eigenvalue weighted by Gasteiger charge is 2.34. The second-order valence-electron chi connectivity index (χ2n) is 4.29. The summed E-state index contributed by atoms with van der Waals surface area (Å²) in [7, 11) is 0. The van der Waals surface area contributed by atoms with Crippen LogP contribution in [0.5, 0.6) is 0 Å². The summed E-state index contributed by atoms with van der Waals surface area (Å²) in [4.78, 5) is 4.46. The van der Waals surface area contributed by atoms with Crippen molar-refractivity contribution < 1.29 is 4.52 Å². The fraction of sp³-hybridized carbons (Fsp3) is 0.800. The van der Waals surface area contributed by atoms with Crippen LogP contribution in [-0.2, 0) is 11.2 Å². The molecule has 1 aromatic heterocycles.